The van der Waals surface area contributed by atoms with Gasteiger partial charge in [-0.15, -0.1) is 0 Å². The lowest BCUT2D eigenvalue weighted by Gasteiger charge is -2.22. The number of carbonyl (C=O) groups excluding carboxylic acids is 2. The van der Waals surface area contributed by atoms with Gasteiger partial charge in [-0.05, 0) is 11.6 Å². The Labute approximate surface area is 148 Å². The number of rotatable bonds is 8. The largest absolute Gasteiger partial charge is 0.496 e. The number of ether oxygens (including phenoxy) is 1. The van der Waals surface area contributed by atoms with Crippen LogP contribution in [0.15, 0.2) is 54.6 Å². The van der Waals surface area contributed by atoms with Crippen LogP contribution < -0.4 is 10.1 Å². The highest BCUT2D eigenvalue weighted by Gasteiger charge is 2.14. The number of nitrogens with one attached hydrogen (secondary N) is 1. The predicted octanol–water partition coefficient (Wildman–Crippen LogP) is 2.75. The highest BCUT2D eigenvalue weighted by atomic mass is 16.5. The van der Waals surface area contributed by atoms with Crippen molar-refractivity contribution in [3.8, 4) is 5.75 Å². The first-order valence-electron chi connectivity index (χ1n) is 8.28. The van der Waals surface area contributed by atoms with Crippen molar-refractivity contribution < 1.29 is 14.3 Å². The van der Waals surface area contributed by atoms with Crippen molar-refractivity contribution in [3.05, 3.63) is 65.7 Å². The molecule has 5 nitrogen and oxygen atoms in total. The van der Waals surface area contributed by atoms with E-state index in [1.807, 2.05) is 54.6 Å². The molecule has 5 heteroatoms. The van der Waals surface area contributed by atoms with E-state index in [1.165, 1.54) is 6.92 Å². The van der Waals surface area contributed by atoms with E-state index in [-0.39, 0.29) is 18.2 Å². The molecule has 0 saturated heterocycles. The van der Waals surface area contributed by atoms with Crippen molar-refractivity contribution in [1.82, 2.24) is 10.2 Å². The molecule has 0 heterocycles. The maximum Gasteiger partial charge on any atom is 0.222 e. The summed E-state index contributed by atoms with van der Waals surface area (Å²) in [7, 11) is 1.61. The molecular weight excluding hydrogens is 316 g/mol. The van der Waals surface area contributed by atoms with E-state index in [1.54, 1.807) is 12.0 Å². The molecule has 25 heavy (non-hydrogen) atoms. The van der Waals surface area contributed by atoms with E-state index >= 15 is 0 Å². The summed E-state index contributed by atoms with van der Waals surface area (Å²) in [5.41, 5.74) is 1.97. The van der Waals surface area contributed by atoms with E-state index in [2.05, 4.69) is 5.32 Å². The van der Waals surface area contributed by atoms with Crippen LogP contribution in [-0.2, 0) is 22.7 Å². The molecular formula is C20H24N2O3. The summed E-state index contributed by atoms with van der Waals surface area (Å²) in [4.78, 5) is 25.6. The lowest BCUT2D eigenvalue weighted by Crippen LogP contribution is -2.33. The summed E-state index contributed by atoms with van der Waals surface area (Å²) in [6, 6.07) is 17.3. The van der Waals surface area contributed by atoms with Gasteiger partial charge in [-0.3, -0.25) is 9.59 Å². The molecule has 0 aliphatic heterocycles. The van der Waals surface area contributed by atoms with Gasteiger partial charge in [0.1, 0.15) is 5.75 Å². The van der Waals surface area contributed by atoms with Crippen LogP contribution in [0.1, 0.15) is 24.5 Å². The average Bonchev–Trinajstić information content (AvgIpc) is 2.64. The molecule has 0 bridgehead atoms. The fourth-order valence-electron chi connectivity index (χ4n) is 2.51. The fraction of sp³-hybridized carbons (Fsp3) is 0.300. The topological polar surface area (TPSA) is 58.6 Å². The molecule has 2 amide bonds. The first-order chi connectivity index (χ1) is 12.1. The normalized spacial score (nSPS) is 10.2. The zero-order chi connectivity index (χ0) is 18.1. The van der Waals surface area contributed by atoms with Gasteiger partial charge in [-0.25, -0.2) is 0 Å². The Morgan fingerprint density at radius 2 is 1.72 bits per heavy atom. The summed E-state index contributed by atoms with van der Waals surface area (Å²) < 4.78 is 5.32. The Kier molecular flexibility index (Phi) is 7.01. The highest BCUT2D eigenvalue weighted by molar-refractivity contribution is 5.78. The van der Waals surface area contributed by atoms with E-state index < -0.39 is 0 Å². The van der Waals surface area contributed by atoms with Gasteiger partial charge in [0.2, 0.25) is 11.8 Å². The van der Waals surface area contributed by atoms with Crippen LogP contribution >= 0.6 is 0 Å². The van der Waals surface area contributed by atoms with E-state index in [9.17, 15) is 9.59 Å². The van der Waals surface area contributed by atoms with Crippen LogP contribution in [-0.4, -0.2) is 30.4 Å². The third kappa shape index (κ3) is 5.95. The summed E-state index contributed by atoms with van der Waals surface area (Å²) >= 11 is 0. The monoisotopic (exact) mass is 340 g/mol. The third-order valence-electron chi connectivity index (χ3n) is 3.94. The Morgan fingerprint density at radius 3 is 2.40 bits per heavy atom. The predicted molar refractivity (Wildman–Crippen MR) is 97.0 cm³/mol. The first-order valence-corrected chi connectivity index (χ1v) is 8.28. The molecule has 132 valence electrons. The smallest absolute Gasteiger partial charge is 0.222 e. The van der Waals surface area contributed by atoms with Crippen molar-refractivity contribution in [3.63, 3.8) is 0 Å². The maximum absolute atomic E-state index is 12.0. The molecule has 0 aliphatic carbocycles. The summed E-state index contributed by atoms with van der Waals surface area (Å²) in [5, 5.41) is 2.88. The molecule has 0 saturated carbocycles. The molecule has 0 atom stereocenters. The molecule has 0 unspecified atom stereocenters. The summed E-state index contributed by atoms with van der Waals surface area (Å²) in [6.45, 7) is 2.79. The molecule has 1 N–H and O–H groups in total. The fourth-order valence-corrected chi connectivity index (χ4v) is 2.51. The number of benzene rings is 2. The van der Waals surface area contributed by atoms with Crippen LogP contribution in [0.4, 0.5) is 0 Å². The Bertz CT molecular complexity index is 701. The van der Waals surface area contributed by atoms with Crippen LogP contribution in [0.25, 0.3) is 0 Å². The van der Waals surface area contributed by atoms with Crippen molar-refractivity contribution in [2.45, 2.75) is 26.4 Å². The van der Waals surface area contributed by atoms with Crippen LogP contribution in [0.3, 0.4) is 0 Å². The summed E-state index contributed by atoms with van der Waals surface area (Å²) in [5.74, 6) is 0.596. The zero-order valence-corrected chi connectivity index (χ0v) is 14.7. The summed E-state index contributed by atoms with van der Waals surface area (Å²) in [6.07, 6.45) is 0.265. The lowest BCUT2D eigenvalue weighted by molar-refractivity contribution is -0.130. The zero-order valence-electron chi connectivity index (χ0n) is 14.7. The minimum absolute atomic E-state index is 0.0678. The average molecular weight is 340 g/mol. The second-order valence-corrected chi connectivity index (χ2v) is 5.76. The number of amides is 2. The molecule has 0 aliphatic rings. The van der Waals surface area contributed by atoms with Crippen molar-refractivity contribution in [2.75, 3.05) is 13.7 Å². The lowest BCUT2D eigenvalue weighted by atomic mass is 10.2. The number of nitrogens with zero attached hydrogens (tertiary/aromatic N) is 1. The van der Waals surface area contributed by atoms with Gasteiger partial charge in [-0.1, -0.05) is 48.5 Å². The van der Waals surface area contributed by atoms with E-state index in [0.29, 0.717) is 19.6 Å². The second-order valence-electron chi connectivity index (χ2n) is 5.76. The van der Waals surface area contributed by atoms with Gasteiger partial charge < -0.3 is 15.0 Å². The van der Waals surface area contributed by atoms with Crippen LogP contribution in [0.2, 0.25) is 0 Å². The Morgan fingerprint density at radius 1 is 1.04 bits per heavy atom. The molecule has 0 fully saturated rings. The van der Waals surface area contributed by atoms with Gasteiger partial charge in [0.15, 0.2) is 0 Å². The molecule has 2 aromatic carbocycles. The number of hydrogen-bond acceptors (Lipinski definition) is 3. The van der Waals surface area contributed by atoms with Crippen LogP contribution in [0.5, 0.6) is 5.75 Å². The standard InChI is InChI=1S/C20H24N2O3/c1-16(23)22(15-18-10-6-7-11-19(18)25-2)13-12-20(24)21-14-17-8-4-3-5-9-17/h3-11H,12-15H2,1-2H3,(H,21,24). The number of methoxy groups -OCH3 is 1. The molecule has 2 aromatic rings. The van der Waals surface area contributed by atoms with Crippen molar-refractivity contribution >= 4 is 11.8 Å². The highest BCUT2D eigenvalue weighted by Crippen LogP contribution is 2.19. The van der Waals surface area contributed by atoms with E-state index in [0.717, 1.165) is 16.9 Å². The SMILES string of the molecule is COc1ccccc1CN(CCC(=O)NCc1ccccc1)C(C)=O. The maximum atomic E-state index is 12.0. The van der Waals surface area contributed by atoms with Gasteiger partial charge in [0, 0.05) is 38.5 Å². The van der Waals surface area contributed by atoms with Crippen molar-refractivity contribution in [2.24, 2.45) is 0 Å². The molecule has 2 rings (SSSR count). The Balaban J connectivity index is 1.86. The Hall–Kier alpha value is -2.82. The van der Waals surface area contributed by atoms with Crippen molar-refractivity contribution in [1.29, 1.82) is 0 Å². The van der Waals surface area contributed by atoms with Gasteiger partial charge >= 0.3 is 0 Å². The molecule has 0 aromatic heterocycles. The minimum Gasteiger partial charge on any atom is -0.496 e. The van der Waals surface area contributed by atoms with Gasteiger partial charge in [0.05, 0.1) is 7.11 Å². The van der Waals surface area contributed by atoms with Gasteiger partial charge in [-0.2, -0.15) is 0 Å². The quantitative estimate of drug-likeness (QED) is 0.804. The van der Waals surface area contributed by atoms with Gasteiger partial charge in [0.25, 0.3) is 0 Å². The molecule has 0 spiro atoms. The second kappa shape index (κ2) is 9.47. The number of hydrogen-bond donors (Lipinski definition) is 1. The molecule has 0 radical (unpaired) electrons. The number of para-hydroxylation sites is 1. The minimum atomic E-state index is -0.0740. The third-order valence-corrected chi connectivity index (χ3v) is 3.94. The number of carbonyl (C=O) groups is 2. The first kappa shape index (κ1) is 18.5. The van der Waals surface area contributed by atoms with Crippen LogP contribution in [0, 0.1) is 0 Å². The van der Waals surface area contributed by atoms with E-state index in [4.69, 9.17) is 4.74 Å².